The number of allylic oxidation sites excluding steroid dienone is 2. The summed E-state index contributed by atoms with van der Waals surface area (Å²) in [5.74, 6) is -2.70. The molecule has 1 aliphatic rings. The molecule has 1 atom stereocenters. The second-order valence-corrected chi connectivity index (χ2v) is 4.35. The third-order valence-corrected chi connectivity index (χ3v) is 2.88. The van der Waals surface area contributed by atoms with Crippen LogP contribution in [-0.4, -0.2) is 33.9 Å². The molecule has 0 saturated carbocycles. The van der Waals surface area contributed by atoms with E-state index in [9.17, 15) is 14.4 Å². The van der Waals surface area contributed by atoms with Gasteiger partial charge in [-0.15, -0.1) is 0 Å². The number of ketones is 2. The Bertz CT molecular complexity index is 656. The van der Waals surface area contributed by atoms with Crippen LogP contribution in [0.5, 0.6) is 5.75 Å². The first kappa shape index (κ1) is 14.5. The number of carboxylic acids is 1. The first-order valence-electron chi connectivity index (χ1n) is 6.12. The van der Waals surface area contributed by atoms with Crippen LogP contribution in [0.25, 0.3) is 0 Å². The van der Waals surface area contributed by atoms with Crippen LogP contribution in [-0.2, 0) is 9.59 Å². The Balaban J connectivity index is 2.09. The maximum absolute atomic E-state index is 11.9. The van der Waals surface area contributed by atoms with E-state index in [1.807, 2.05) is 0 Å². The smallest absolute Gasteiger partial charge is 0.370 e. The zero-order chi connectivity index (χ0) is 15.4. The van der Waals surface area contributed by atoms with Gasteiger partial charge in [0.25, 0.3) is 0 Å². The van der Waals surface area contributed by atoms with Crippen molar-refractivity contribution in [3.8, 4) is 5.75 Å². The van der Waals surface area contributed by atoms with Crippen molar-refractivity contribution in [3.05, 3.63) is 53.8 Å². The lowest BCUT2D eigenvalue weighted by atomic mass is 9.98. The van der Waals surface area contributed by atoms with Gasteiger partial charge in [-0.25, -0.2) is 4.79 Å². The number of Topliss-reactive ketones (excluding diaryl/α,β-unsaturated/α-hetero) is 1. The van der Waals surface area contributed by atoms with Gasteiger partial charge >= 0.3 is 5.97 Å². The Kier molecular flexibility index (Phi) is 4.18. The van der Waals surface area contributed by atoms with E-state index in [1.54, 1.807) is 24.3 Å². The topological polar surface area (TPSA) is 101 Å². The monoisotopic (exact) mass is 288 g/mol. The summed E-state index contributed by atoms with van der Waals surface area (Å²) in [6, 6.07) is 6.64. The number of carbonyl (C=O) groups excluding carboxylic acids is 2. The molecule has 1 unspecified atom stereocenters. The van der Waals surface area contributed by atoms with Crippen LogP contribution >= 0.6 is 0 Å². The molecule has 1 aliphatic heterocycles. The highest BCUT2D eigenvalue weighted by Crippen LogP contribution is 2.27. The molecule has 0 bridgehead atoms. The van der Waals surface area contributed by atoms with Crippen LogP contribution in [0.3, 0.4) is 0 Å². The summed E-state index contributed by atoms with van der Waals surface area (Å²) in [6.07, 6.45) is 2.02. The Morgan fingerprint density at radius 3 is 2.67 bits per heavy atom. The highest BCUT2D eigenvalue weighted by Gasteiger charge is 2.29. The van der Waals surface area contributed by atoms with Crippen LogP contribution < -0.4 is 4.74 Å². The van der Waals surface area contributed by atoms with Crippen molar-refractivity contribution in [2.45, 2.75) is 12.5 Å². The molecule has 0 amide bonds. The molecule has 1 heterocycles. The summed E-state index contributed by atoms with van der Waals surface area (Å²) in [4.78, 5) is 34.1. The summed E-state index contributed by atoms with van der Waals surface area (Å²) in [5.41, 5.74) is 0.439. The molecule has 2 N–H and O–H groups in total. The largest absolute Gasteiger partial charge is 0.502 e. The van der Waals surface area contributed by atoms with Crippen molar-refractivity contribution < 1.29 is 29.3 Å². The minimum absolute atomic E-state index is 0.0746. The Morgan fingerprint density at radius 2 is 1.95 bits per heavy atom. The molecule has 2 rings (SSSR count). The lowest BCUT2D eigenvalue weighted by Crippen LogP contribution is -2.33. The number of hydrogen-bond acceptors (Lipinski definition) is 5. The number of rotatable bonds is 4. The fourth-order valence-corrected chi connectivity index (χ4v) is 1.84. The maximum atomic E-state index is 11.9. The van der Waals surface area contributed by atoms with Crippen molar-refractivity contribution in [3.63, 3.8) is 0 Å². The highest BCUT2D eigenvalue weighted by atomic mass is 16.5. The van der Waals surface area contributed by atoms with Gasteiger partial charge in [0.15, 0.2) is 17.7 Å². The third-order valence-electron chi connectivity index (χ3n) is 2.88. The van der Waals surface area contributed by atoms with E-state index >= 15 is 0 Å². The molecule has 0 aromatic heterocycles. The van der Waals surface area contributed by atoms with Gasteiger partial charge in [-0.1, -0.05) is 18.2 Å². The van der Waals surface area contributed by atoms with E-state index in [2.05, 4.69) is 0 Å². The number of fused-ring (bicyclic) bond motifs is 1. The molecule has 1 aromatic rings. The lowest BCUT2D eigenvalue weighted by molar-refractivity contribution is -0.135. The molecule has 6 nitrogen and oxygen atoms in total. The normalized spacial score (nSPS) is 18.2. The Morgan fingerprint density at radius 1 is 1.24 bits per heavy atom. The molecule has 6 heteroatoms. The highest BCUT2D eigenvalue weighted by molar-refractivity contribution is 6.05. The number of ether oxygens (including phenoxy) is 1. The second-order valence-electron chi connectivity index (χ2n) is 4.35. The predicted molar refractivity (Wildman–Crippen MR) is 72.3 cm³/mol. The Labute approximate surface area is 120 Å². The maximum Gasteiger partial charge on any atom is 0.370 e. The SMILES string of the molecule is O=C(O)/C(O)=C/C=C/C(=O)C1CC(=O)c2ccccc2O1. The molecular weight excluding hydrogens is 276 g/mol. The van der Waals surface area contributed by atoms with Crippen LogP contribution in [0.15, 0.2) is 48.3 Å². The number of carbonyl (C=O) groups is 3. The van der Waals surface area contributed by atoms with Gasteiger partial charge in [-0.05, 0) is 24.3 Å². The van der Waals surface area contributed by atoms with E-state index in [-0.39, 0.29) is 12.2 Å². The zero-order valence-corrected chi connectivity index (χ0v) is 10.9. The van der Waals surface area contributed by atoms with Gasteiger partial charge in [0, 0.05) is 0 Å². The summed E-state index contributed by atoms with van der Waals surface area (Å²) >= 11 is 0. The number of aliphatic hydroxyl groups excluding tert-OH is 1. The van der Waals surface area contributed by atoms with E-state index in [4.69, 9.17) is 14.9 Å². The molecule has 1 aromatic carbocycles. The Hall–Kier alpha value is -2.89. The molecule has 21 heavy (non-hydrogen) atoms. The molecule has 0 radical (unpaired) electrons. The van der Waals surface area contributed by atoms with Crippen LogP contribution in [0, 0.1) is 0 Å². The van der Waals surface area contributed by atoms with E-state index < -0.39 is 23.6 Å². The quantitative estimate of drug-likeness (QED) is 0.496. The third kappa shape index (κ3) is 3.36. The molecule has 108 valence electrons. The van der Waals surface area contributed by atoms with Gasteiger partial charge in [0.2, 0.25) is 5.76 Å². The summed E-state index contributed by atoms with van der Waals surface area (Å²) in [7, 11) is 0. The van der Waals surface area contributed by atoms with Gasteiger partial charge < -0.3 is 14.9 Å². The summed E-state index contributed by atoms with van der Waals surface area (Å²) in [5, 5.41) is 17.4. The number of carboxylic acid groups (broad SMARTS) is 1. The van der Waals surface area contributed by atoms with E-state index in [0.717, 1.165) is 18.2 Å². The van der Waals surface area contributed by atoms with Crippen LogP contribution in [0.4, 0.5) is 0 Å². The number of aliphatic hydroxyl groups is 1. The van der Waals surface area contributed by atoms with Crippen molar-refractivity contribution in [1.82, 2.24) is 0 Å². The summed E-state index contributed by atoms with van der Waals surface area (Å²) < 4.78 is 5.45. The van der Waals surface area contributed by atoms with Gasteiger partial charge in [0.1, 0.15) is 5.75 Å². The fourth-order valence-electron chi connectivity index (χ4n) is 1.84. The van der Waals surface area contributed by atoms with Crippen molar-refractivity contribution in [2.24, 2.45) is 0 Å². The van der Waals surface area contributed by atoms with Crippen LogP contribution in [0.1, 0.15) is 16.8 Å². The molecule has 0 saturated heterocycles. The van der Waals surface area contributed by atoms with Gasteiger partial charge in [0.05, 0.1) is 12.0 Å². The van der Waals surface area contributed by atoms with E-state index in [0.29, 0.717) is 11.3 Å². The zero-order valence-electron chi connectivity index (χ0n) is 10.9. The summed E-state index contributed by atoms with van der Waals surface area (Å²) in [6.45, 7) is 0. The standard InChI is InChI=1S/C15H12O6/c16-10(5-3-6-11(17)15(19)20)14-8-12(18)9-4-1-2-7-13(9)21-14/h1-7,14,17H,8H2,(H,19,20)/b5-3+,11-6-. The van der Waals surface area contributed by atoms with Crippen molar-refractivity contribution in [1.29, 1.82) is 0 Å². The average molecular weight is 288 g/mol. The van der Waals surface area contributed by atoms with Crippen molar-refractivity contribution in [2.75, 3.05) is 0 Å². The fraction of sp³-hybridized carbons (Fsp3) is 0.133. The first-order valence-corrected chi connectivity index (χ1v) is 6.12. The minimum atomic E-state index is -1.50. The number of aliphatic carboxylic acids is 1. The van der Waals surface area contributed by atoms with Crippen LogP contribution in [0.2, 0.25) is 0 Å². The molecule has 0 fully saturated rings. The van der Waals surface area contributed by atoms with E-state index in [1.165, 1.54) is 0 Å². The predicted octanol–water partition coefficient (Wildman–Crippen LogP) is 1.67. The molecule has 0 spiro atoms. The number of hydrogen-bond donors (Lipinski definition) is 2. The lowest BCUT2D eigenvalue weighted by Gasteiger charge is -2.23. The number of benzene rings is 1. The second kappa shape index (κ2) is 6.04. The molecular formula is C15H12O6. The van der Waals surface area contributed by atoms with Gasteiger partial charge in [-0.2, -0.15) is 0 Å². The van der Waals surface area contributed by atoms with Crippen molar-refractivity contribution >= 4 is 17.5 Å². The average Bonchev–Trinajstić information content (AvgIpc) is 2.46. The first-order chi connectivity index (χ1) is 9.99. The molecule has 0 aliphatic carbocycles. The minimum Gasteiger partial charge on any atom is -0.502 e. The number of para-hydroxylation sites is 1. The van der Waals surface area contributed by atoms with Gasteiger partial charge in [-0.3, -0.25) is 9.59 Å².